The van der Waals surface area contributed by atoms with Crippen LogP contribution in [0.4, 0.5) is 0 Å². The first-order valence-corrected chi connectivity index (χ1v) is 5.30. The second-order valence-corrected chi connectivity index (χ2v) is 5.08. The monoisotopic (exact) mass is 182 g/mol. The van der Waals surface area contributed by atoms with E-state index in [9.17, 15) is 9.90 Å². The number of aliphatic carboxylic acids is 1. The average Bonchev–Trinajstić information content (AvgIpc) is 2.61. The van der Waals surface area contributed by atoms with Crippen molar-refractivity contribution in [3.8, 4) is 0 Å². The molecule has 74 valence electrons. The molecule has 0 aromatic rings. The van der Waals surface area contributed by atoms with Crippen LogP contribution >= 0.6 is 0 Å². The van der Waals surface area contributed by atoms with Gasteiger partial charge < -0.3 is 5.11 Å². The molecule has 2 aliphatic carbocycles. The number of hydrogen-bond donors (Lipinski definition) is 1. The minimum Gasteiger partial charge on any atom is -0.481 e. The van der Waals surface area contributed by atoms with Gasteiger partial charge in [0.25, 0.3) is 0 Å². The SMILES string of the molecule is CC(C)C1(C(=O)O)CC2CCC1C2. The Labute approximate surface area is 79.3 Å². The maximum absolute atomic E-state index is 11.4. The lowest BCUT2D eigenvalue weighted by Gasteiger charge is -2.37. The van der Waals surface area contributed by atoms with E-state index in [4.69, 9.17) is 0 Å². The highest BCUT2D eigenvalue weighted by Crippen LogP contribution is 2.59. The van der Waals surface area contributed by atoms with E-state index in [0.717, 1.165) is 12.8 Å². The number of hydrogen-bond acceptors (Lipinski definition) is 1. The van der Waals surface area contributed by atoms with E-state index in [1.54, 1.807) is 0 Å². The highest BCUT2D eigenvalue weighted by atomic mass is 16.4. The first-order chi connectivity index (χ1) is 6.07. The molecule has 0 aromatic heterocycles. The smallest absolute Gasteiger partial charge is 0.310 e. The highest BCUT2D eigenvalue weighted by molar-refractivity contribution is 5.76. The lowest BCUT2D eigenvalue weighted by Crippen LogP contribution is -2.41. The summed E-state index contributed by atoms with van der Waals surface area (Å²) in [5, 5.41) is 9.36. The first-order valence-electron chi connectivity index (χ1n) is 5.30. The van der Waals surface area contributed by atoms with Gasteiger partial charge in [-0.3, -0.25) is 4.79 Å². The van der Waals surface area contributed by atoms with Crippen LogP contribution in [0.5, 0.6) is 0 Å². The van der Waals surface area contributed by atoms with Crippen molar-refractivity contribution in [1.82, 2.24) is 0 Å². The topological polar surface area (TPSA) is 37.3 Å². The molecule has 0 aliphatic heterocycles. The zero-order valence-corrected chi connectivity index (χ0v) is 8.42. The van der Waals surface area contributed by atoms with Gasteiger partial charge in [-0.2, -0.15) is 0 Å². The average molecular weight is 182 g/mol. The Balaban J connectivity index is 2.30. The number of carbonyl (C=O) groups is 1. The third-order valence-corrected chi connectivity index (χ3v) is 4.32. The van der Waals surface area contributed by atoms with Gasteiger partial charge in [0.2, 0.25) is 0 Å². The Bertz CT molecular complexity index is 234. The van der Waals surface area contributed by atoms with Crippen LogP contribution in [0, 0.1) is 23.2 Å². The van der Waals surface area contributed by atoms with Crippen molar-refractivity contribution in [3.05, 3.63) is 0 Å². The summed E-state index contributed by atoms with van der Waals surface area (Å²) >= 11 is 0. The van der Waals surface area contributed by atoms with Crippen molar-refractivity contribution in [1.29, 1.82) is 0 Å². The van der Waals surface area contributed by atoms with E-state index in [2.05, 4.69) is 13.8 Å². The van der Waals surface area contributed by atoms with Crippen LogP contribution < -0.4 is 0 Å². The molecular weight excluding hydrogens is 164 g/mol. The molecule has 1 N–H and O–H groups in total. The summed E-state index contributed by atoms with van der Waals surface area (Å²) in [6.07, 6.45) is 4.52. The lowest BCUT2D eigenvalue weighted by molar-refractivity contribution is -0.156. The van der Waals surface area contributed by atoms with Gasteiger partial charge in [0, 0.05) is 0 Å². The van der Waals surface area contributed by atoms with E-state index in [1.165, 1.54) is 12.8 Å². The second-order valence-electron chi connectivity index (χ2n) is 5.08. The molecule has 2 heteroatoms. The Morgan fingerprint density at radius 1 is 1.46 bits per heavy atom. The molecule has 2 nitrogen and oxygen atoms in total. The van der Waals surface area contributed by atoms with Crippen molar-refractivity contribution in [2.24, 2.45) is 23.2 Å². The molecule has 2 saturated carbocycles. The molecule has 0 heterocycles. The summed E-state index contributed by atoms with van der Waals surface area (Å²) in [6, 6.07) is 0. The minimum atomic E-state index is -0.547. The van der Waals surface area contributed by atoms with Crippen molar-refractivity contribution in [2.75, 3.05) is 0 Å². The van der Waals surface area contributed by atoms with Gasteiger partial charge in [-0.05, 0) is 37.0 Å². The van der Waals surface area contributed by atoms with E-state index in [0.29, 0.717) is 17.8 Å². The van der Waals surface area contributed by atoms with Gasteiger partial charge in [-0.15, -0.1) is 0 Å². The molecule has 0 amide bonds. The van der Waals surface area contributed by atoms with Gasteiger partial charge >= 0.3 is 5.97 Å². The van der Waals surface area contributed by atoms with Crippen LogP contribution in [0.2, 0.25) is 0 Å². The van der Waals surface area contributed by atoms with Crippen LogP contribution in [0.3, 0.4) is 0 Å². The number of fused-ring (bicyclic) bond motifs is 2. The maximum Gasteiger partial charge on any atom is 0.310 e. The zero-order valence-electron chi connectivity index (χ0n) is 8.42. The summed E-state index contributed by atoms with van der Waals surface area (Å²) < 4.78 is 0. The molecule has 2 aliphatic rings. The molecule has 0 radical (unpaired) electrons. The van der Waals surface area contributed by atoms with Gasteiger partial charge in [-0.1, -0.05) is 20.3 Å². The van der Waals surface area contributed by atoms with Crippen LogP contribution in [-0.2, 0) is 4.79 Å². The number of carboxylic acid groups (broad SMARTS) is 1. The Hall–Kier alpha value is -0.530. The highest BCUT2D eigenvalue weighted by Gasteiger charge is 2.57. The molecule has 0 saturated heterocycles. The summed E-state index contributed by atoms with van der Waals surface area (Å²) in [4.78, 5) is 11.4. The normalized spacial score (nSPS) is 43.0. The molecule has 3 atom stereocenters. The summed E-state index contributed by atoms with van der Waals surface area (Å²) in [6.45, 7) is 4.13. The van der Waals surface area contributed by atoms with Gasteiger partial charge in [0.05, 0.1) is 5.41 Å². The maximum atomic E-state index is 11.4. The molecular formula is C11H18O2. The van der Waals surface area contributed by atoms with E-state index in [-0.39, 0.29) is 5.41 Å². The molecule has 2 bridgehead atoms. The van der Waals surface area contributed by atoms with Gasteiger partial charge in [-0.25, -0.2) is 0 Å². The Kier molecular flexibility index (Phi) is 1.90. The molecule has 0 spiro atoms. The van der Waals surface area contributed by atoms with Crippen molar-refractivity contribution >= 4 is 5.97 Å². The van der Waals surface area contributed by atoms with Crippen LogP contribution in [0.1, 0.15) is 39.5 Å². The van der Waals surface area contributed by atoms with E-state index in [1.807, 2.05) is 0 Å². The summed E-state index contributed by atoms with van der Waals surface area (Å²) in [5.41, 5.74) is -0.372. The largest absolute Gasteiger partial charge is 0.481 e. The Morgan fingerprint density at radius 3 is 2.38 bits per heavy atom. The standard InChI is InChI=1S/C11H18O2/c1-7(2)11(10(12)13)6-8-3-4-9(11)5-8/h7-9H,3-6H2,1-2H3,(H,12,13). The van der Waals surface area contributed by atoms with E-state index >= 15 is 0 Å². The summed E-state index contributed by atoms with van der Waals surface area (Å²) in [5.74, 6) is 0.925. The van der Waals surface area contributed by atoms with E-state index < -0.39 is 5.97 Å². The van der Waals surface area contributed by atoms with Crippen molar-refractivity contribution in [3.63, 3.8) is 0 Å². The Morgan fingerprint density at radius 2 is 2.15 bits per heavy atom. The quantitative estimate of drug-likeness (QED) is 0.712. The fourth-order valence-electron chi connectivity index (χ4n) is 3.59. The minimum absolute atomic E-state index is 0.292. The second kappa shape index (κ2) is 2.73. The lowest BCUT2D eigenvalue weighted by atomic mass is 9.66. The zero-order chi connectivity index (χ0) is 9.64. The first kappa shape index (κ1) is 9.04. The summed E-state index contributed by atoms with van der Waals surface area (Å²) in [7, 11) is 0. The predicted molar refractivity (Wildman–Crippen MR) is 50.4 cm³/mol. The van der Waals surface area contributed by atoms with Gasteiger partial charge in [0.1, 0.15) is 0 Å². The third-order valence-electron chi connectivity index (χ3n) is 4.32. The fourth-order valence-corrected chi connectivity index (χ4v) is 3.59. The molecule has 2 fully saturated rings. The third kappa shape index (κ3) is 1.04. The van der Waals surface area contributed by atoms with Crippen LogP contribution in [0.15, 0.2) is 0 Å². The van der Waals surface area contributed by atoms with Crippen LogP contribution in [-0.4, -0.2) is 11.1 Å². The van der Waals surface area contributed by atoms with Crippen molar-refractivity contribution < 1.29 is 9.90 Å². The fraction of sp³-hybridized carbons (Fsp3) is 0.909. The number of rotatable bonds is 2. The number of carboxylic acids is 1. The molecule has 2 rings (SSSR count). The van der Waals surface area contributed by atoms with Crippen LogP contribution in [0.25, 0.3) is 0 Å². The van der Waals surface area contributed by atoms with Crippen molar-refractivity contribution in [2.45, 2.75) is 39.5 Å². The predicted octanol–water partition coefficient (Wildman–Crippen LogP) is 2.53. The van der Waals surface area contributed by atoms with Gasteiger partial charge in [0.15, 0.2) is 0 Å². The molecule has 0 aromatic carbocycles. The molecule has 3 unspecified atom stereocenters. The molecule has 13 heavy (non-hydrogen) atoms.